The summed E-state index contributed by atoms with van der Waals surface area (Å²) in [5.74, 6) is -1.62. The number of carbonyl (C=O) groups is 3. The molecular formula is C15H24N2O5. The Morgan fingerprint density at radius 2 is 1.77 bits per heavy atom. The van der Waals surface area contributed by atoms with Gasteiger partial charge in [-0.05, 0) is 26.2 Å². The van der Waals surface area contributed by atoms with Crippen molar-refractivity contribution in [3.05, 3.63) is 0 Å². The van der Waals surface area contributed by atoms with Crippen molar-refractivity contribution in [2.75, 3.05) is 33.3 Å². The van der Waals surface area contributed by atoms with Gasteiger partial charge in [0.2, 0.25) is 0 Å². The van der Waals surface area contributed by atoms with E-state index in [-0.39, 0.29) is 18.8 Å². The summed E-state index contributed by atoms with van der Waals surface area (Å²) in [6, 6.07) is 0. The molecule has 1 saturated heterocycles. The van der Waals surface area contributed by atoms with Gasteiger partial charge in [-0.25, -0.2) is 0 Å². The van der Waals surface area contributed by atoms with Gasteiger partial charge >= 0.3 is 17.8 Å². The van der Waals surface area contributed by atoms with Gasteiger partial charge in [0.05, 0.1) is 6.10 Å². The lowest BCUT2D eigenvalue weighted by atomic mass is 9.95. The number of likely N-dealkylation sites (N-methyl/N-ethyl adjacent to an activating group) is 1. The van der Waals surface area contributed by atoms with Gasteiger partial charge in [0.15, 0.2) is 0 Å². The molecule has 0 aromatic carbocycles. The molecule has 124 valence electrons. The third kappa shape index (κ3) is 3.97. The van der Waals surface area contributed by atoms with E-state index in [0.717, 1.165) is 19.3 Å². The molecule has 0 bridgehead atoms. The van der Waals surface area contributed by atoms with Crippen LogP contribution >= 0.6 is 0 Å². The van der Waals surface area contributed by atoms with Crippen LogP contribution in [0.4, 0.5) is 0 Å². The smallest absolute Gasteiger partial charge is 0.325 e. The van der Waals surface area contributed by atoms with E-state index in [9.17, 15) is 14.4 Å². The van der Waals surface area contributed by atoms with Gasteiger partial charge in [-0.1, -0.05) is 0 Å². The number of methoxy groups -OCH3 is 1. The van der Waals surface area contributed by atoms with E-state index < -0.39 is 17.8 Å². The van der Waals surface area contributed by atoms with Gasteiger partial charge in [0.25, 0.3) is 0 Å². The maximum absolute atomic E-state index is 12.0. The van der Waals surface area contributed by atoms with E-state index in [1.54, 1.807) is 7.11 Å². The van der Waals surface area contributed by atoms with Crippen LogP contribution in [0.3, 0.4) is 0 Å². The first kappa shape index (κ1) is 16.7. The Bertz CT molecular complexity index is 440. The van der Waals surface area contributed by atoms with Crippen molar-refractivity contribution in [3.63, 3.8) is 0 Å². The van der Waals surface area contributed by atoms with Crippen LogP contribution in [0.25, 0.3) is 0 Å². The number of amides is 2. The summed E-state index contributed by atoms with van der Waals surface area (Å²) in [6.07, 6.45) is 3.43. The minimum atomic E-state index is -0.622. The lowest BCUT2D eigenvalue weighted by Crippen LogP contribution is -2.55. The second-order valence-corrected chi connectivity index (χ2v) is 5.75. The molecule has 1 aliphatic carbocycles. The normalized spacial score (nSPS) is 26.3. The van der Waals surface area contributed by atoms with Crippen LogP contribution in [-0.4, -0.2) is 73.1 Å². The third-order valence-electron chi connectivity index (χ3n) is 4.31. The summed E-state index contributed by atoms with van der Waals surface area (Å²) in [6.45, 7) is 3.01. The van der Waals surface area contributed by atoms with Gasteiger partial charge in [0.1, 0.15) is 12.6 Å². The molecule has 7 nitrogen and oxygen atoms in total. The molecule has 22 heavy (non-hydrogen) atoms. The monoisotopic (exact) mass is 312 g/mol. The third-order valence-corrected chi connectivity index (χ3v) is 4.31. The minimum absolute atomic E-state index is 0.128. The number of ether oxygens (including phenoxy) is 2. The van der Waals surface area contributed by atoms with Crippen molar-refractivity contribution in [1.82, 2.24) is 9.80 Å². The van der Waals surface area contributed by atoms with Crippen molar-refractivity contribution in [1.29, 1.82) is 0 Å². The molecule has 7 heteroatoms. The summed E-state index contributed by atoms with van der Waals surface area (Å²) in [4.78, 5) is 38.5. The number of nitrogens with zero attached hydrogens (tertiary/aromatic N) is 2. The zero-order valence-corrected chi connectivity index (χ0v) is 13.2. The Morgan fingerprint density at radius 1 is 1.14 bits per heavy atom. The summed E-state index contributed by atoms with van der Waals surface area (Å²) in [7, 11) is 1.66. The SMILES string of the molecule is CCN1CCN(CC(=O)O[C@H]2CCC[C@@H](OC)C2)C(=O)C1=O. The quantitative estimate of drug-likeness (QED) is 0.534. The molecule has 1 heterocycles. The Morgan fingerprint density at radius 3 is 2.45 bits per heavy atom. The van der Waals surface area contributed by atoms with E-state index >= 15 is 0 Å². The molecule has 1 saturated carbocycles. The number of rotatable bonds is 5. The molecule has 2 aliphatic rings. The summed E-state index contributed by atoms with van der Waals surface area (Å²) in [5.41, 5.74) is 0. The Balaban J connectivity index is 1.82. The first-order valence-electron chi connectivity index (χ1n) is 7.85. The molecule has 2 fully saturated rings. The molecule has 0 aromatic heterocycles. The lowest BCUT2D eigenvalue weighted by Gasteiger charge is -2.33. The van der Waals surface area contributed by atoms with E-state index in [1.807, 2.05) is 6.92 Å². The number of piperazine rings is 1. The molecular weight excluding hydrogens is 288 g/mol. The second kappa shape index (κ2) is 7.58. The average Bonchev–Trinajstić information content (AvgIpc) is 2.52. The molecule has 0 unspecified atom stereocenters. The minimum Gasteiger partial charge on any atom is -0.461 e. The van der Waals surface area contributed by atoms with E-state index in [4.69, 9.17) is 9.47 Å². The summed E-state index contributed by atoms with van der Waals surface area (Å²) >= 11 is 0. The molecule has 2 rings (SSSR count). The average molecular weight is 312 g/mol. The number of esters is 1. The molecule has 2 atom stereocenters. The van der Waals surface area contributed by atoms with Gasteiger partial charge < -0.3 is 19.3 Å². The van der Waals surface area contributed by atoms with Crippen LogP contribution in [0.5, 0.6) is 0 Å². The molecule has 1 aliphatic heterocycles. The topological polar surface area (TPSA) is 76.2 Å². The number of carbonyl (C=O) groups excluding carboxylic acids is 3. The van der Waals surface area contributed by atoms with E-state index in [2.05, 4.69) is 0 Å². The van der Waals surface area contributed by atoms with Crippen molar-refractivity contribution in [2.45, 2.75) is 44.8 Å². The highest BCUT2D eigenvalue weighted by atomic mass is 16.5. The first-order valence-corrected chi connectivity index (χ1v) is 7.85. The molecule has 0 radical (unpaired) electrons. The largest absolute Gasteiger partial charge is 0.461 e. The fraction of sp³-hybridized carbons (Fsp3) is 0.800. The van der Waals surface area contributed by atoms with E-state index in [1.165, 1.54) is 9.80 Å². The number of hydrogen-bond donors (Lipinski definition) is 0. The van der Waals surface area contributed by atoms with E-state index in [0.29, 0.717) is 26.1 Å². The van der Waals surface area contributed by atoms with Crippen LogP contribution in [-0.2, 0) is 23.9 Å². The van der Waals surface area contributed by atoms with Crippen LogP contribution in [0.2, 0.25) is 0 Å². The zero-order valence-electron chi connectivity index (χ0n) is 13.2. The zero-order chi connectivity index (χ0) is 16.1. The van der Waals surface area contributed by atoms with Crippen LogP contribution in [0.1, 0.15) is 32.6 Å². The maximum Gasteiger partial charge on any atom is 0.325 e. The van der Waals surface area contributed by atoms with Crippen molar-refractivity contribution >= 4 is 17.8 Å². The van der Waals surface area contributed by atoms with Crippen molar-refractivity contribution in [2.24, 2.45) is 0 Å². The van der Waals surface area contributed by atoms with Gasteiger partial charge in [-0.2, -0.15) is 0 Å². The summed E-state index contributed by atoms with van der Waals surface area (Å²) in [5, 5.41) is 0. The molecule has 0 N–H and O–H groups in total. The fourth-order valence-electron chi connectivity index (χ4n) is 2.97. The Hall–Kier alpha value is -1.63. The highest BCUT2D eigenvalue weighted by Gasteiger charge is 2.33. The second-order valence-electron chi connectivity index (χ2n) is 5.75. The van der Waals surface area contributed by atoms with Crippen LogP contribution < -0.4 is 0 Å². The number of hydrogen-bond acceptors (Lipinski definition) is 5. The lowest BCUT2D eigenvalue weighted by molar-refractivity contribution is -0.162. The van der Waals surface area contributed by atoms with Crippen LogP contribution in [0.15, 0.2) is 0 Å². The van der Waals surface area contributed by atoms with Gasteiger partial charge in [0, 0.05) is 33.2 Å². The predicted octanol–water partition coefficient (Wildman–Crippen LogP) is 0.178. The molecule has 0 spiro atoms. The van der Waals surface area contributed by atoms with Gasteiger partial charge in [-0.15, -0.1) is 0 Å². The maximum atomic E-state index is 12.0. The molecule has 2 amide bonds. The first-order chi connectivity index (χ1) is 10.5. The van der Waals surface area contributed by atoms with Crippen LogP contribution in [0, 0.1) is 0 Å². The summed E-state index contributed by atoms with van der Waals surface area (Å²) < 4.78 is 10.7. The molecule has 0 aromatic rings. The van der Waals surface area contributed by atoms with Gasteiger partial charge in [-0.3, -0.25) is 14.4 Å². The Kier molecular flexibility index (Phi) is 5.76. The highest BCUT2D eigenvalue weighted by Crippen LogP contribution is 2.23. The predicted molar refractivity (Wildman–Crippen MR) is 78.0 cm³/mol. The van der Waals surface area contributed by atoms with Crippen molar-refractivity contribution < 1.29 is 23.9 Å². The standard InChI is InChI=1S/C15H24N2O5/c1-3-16-7-8-17(15(20)14(16)19)10-13(18)22-12-6-4-5-11(9-12)21-2/h11-12H,3-10H2,1-2H3/t11-,12+/m1/s1. The highest BCUT2D eigenvalue weighted by molar-refractivity contribution is 6.35. The fourth-order valence-corrected chi connectivity index (χ4v) is 2.97. The Labute approximate surface area is 130 Å². The van der Waals surface area contributed by atoms with Crippen molar-refractivity contribution in [3.8, 4) is 0 Å².